The maximum atomic E-state index is 11.3. The van der Waals surface area contributed by atoms with Gasteiger partial charge in [-0.25, -0.2) is 4.79 Å². The second kappa shape index (κ2) is 3.13. The molecule has 1 aliphatic rings. The summed E-state index contributed by atoms with van der Waals surface area (Å²) < 4.78 is 4.87. The molecular formula is C10H10O5. The number of ether oxygens (including phenoxy) is 1. The Morgan fingerprint density at radius 3 is 2.67 bits per heavy atom. The van der Waals surface area contributed by atoms with Crippen LogP contribution in [0.15, 0.2) is 12.1 Å². The second-order valence-corrected chi connectivity index (χ2v) is 3.50. The number of carbonyl (C=O) groups is 1. The van der Waals surface area contributed by atoms with E-state index in [1.54, 1.807) is 0 Å². The number of aliphatic hydroxyl groups is 1. The number of cyclic esters (lactones) is 1. The van der Waals surface area contributed by atoms with E-state index in [1.165, 1.54) is 13.0 Å². The number of phenols is 2. The summed E-state index contributed by atoms with van der Waals surface area (Å²) in [4.78, 5) is 11.3. The molecule has 0 aliphatic carbocycles. The highest BCUT2D eigenvalue weighted by Gasteiger charge is 2.36. The zero-order chi connectivity index (χ0) is 11.2. The van der Waals surface area contributed by atoms with Crippen LogP contribution in [-0.4, -0.2) is 27.4 Å². The van der Waals surface area contributed by atoms with Crippen LogP contribution in [0.1, 0.15) is 28.9 Å². The Morgan fingerprint density at radius 1 is 1.40 bits per heavy atom. The number of aromatic hydroxyl groups is 2. The summed E-state index contributed by atoms with van der Waals surface area (Å²) in [7, 11) is 0. The first-order valence-electron chi connectivity index (χ1n) is 4.45. The predicted molar refractivity (Wildman–Crippen MR) is 49.6 cm³/mol. The number of carbonyl (C=O) groups excluding carboxylic acids is 1. The smallest absolute Gasteiger partial charge is 0.343 e. The van der Waals surface area contributed by atoms with E-state index in [1.807, 2.05) is 0 Å². The summed E-state index contributed by atoms with van der Waals surface area (Å²) in [6, 6.07) is 2.36. The summed E-state index contributed by atoms with van der Waals surface area (Å²) in [6.45, 7) is 1.47. The quantitative estimate of drug-likeness (QED) is 0.593. The number of phenolic OH excluding ortho intramolecular Hbond substituents is 2. The standard InChI is InChI=1S/C10H10O5/c1-4(11)9-6-2-5(12)3-7(13)8(6)10(14)15-9/h2-4,9,11-13H,1H3/t4-,9-/m0/s1. The van der Waals surface area contributed by atoms with Crippen molar-refractivity contribution in [3.63, 3.8) is 0 Å². The molecule has 0 saturated heterocycles. The van der Waals surface area contributed by atoms with Crippen LogP contribution in [0.2, 0.25) is 0 Å². The lowest BCUT2D eigenvalue weighted by atomic mass is 10.0. The molecule has 0 amide bonds. The fourth-order valence-electron chi connectivity index (χ4n) is 1.68. The summed E-state index contributed by atoms with van der Waals surface area (Å²) in [5, 5.41) is 28.1. The van der Waals surface area contributed by atoms with Crippen LogP contribution >= 0.6 is 0 Å². The van der Waals surface area contributed by atoms with Gasteiger partial charge in [-0.15, -0.1) is 0 Å². The van der Waals surface area contributed by atoms with Gasteiger partial charge in [-0.3, -0.25) is 0 Å². The maximum Gasteiger partial charge on any atom is 0.343 e. The first-order valence-corrected chi connectivity index (χ1v) is 4.45. The Balaban J connectivity index is 2.60. The van der Waals surface area contributed by atoms with Crippen LogP contribution in [-0.2, 0) is 4.74 Å². The lowest BCUT2D eigenvalue weighted by molar-refractivity contribution is -0.00282. The van der Waals surface area contributed by atoms with Gasteiger partial charge in [0.1, 0.15) is 17.1 Å². The molecule has 0 fully saturated rings. The highest BCUT2D eigenvalue weighted by atomic mass is 16.6. The Morgan fingerprint density at radius 2 is 2.07 bits per heavy atom. The monoisotopic (exact) mass is 210 g/mol. The number of rotatable bonds is 1. The molecule has 1 aliphatic heterocycles. The Bertz CT molecular complexity index is 424. The molecule has 0 unspecified atom stereocenters. The van der Waals surface area contributed by atoms with Crippen molar-refractivity contribution in [2.24, 2.45) is 0 Å². The zero-order valence-corrected chi connectivity index (χ0v) is 7.97. The van der Waals surface area contributed by atoms with Crippen molar-refractivity contribution < 1.29 is 24.9 Å². The minimum Gasteiger partial charge on any atom is -0.508 e. The Kier molecular flexibility index (Phi) is 2.04. The van der Waals surface area contributed by atoms with Crippen LogP contribution in [0, 0.1) is 0 Å². The minimum absolute atomic E-state index is 0.0127. The largest absolute Gasteiger partial charge is 0.508 e. The summed E-state index contributed by atoms with van der Waals surface area (Å²) in [6.07, 6.45) is -1.72. The molecule has 1 aromatic rings. The zero-order valence-electron chi connectivity index (χ0n) is 7.97. The third-order valence-corrected chi connectivity index (χ3v) is 2.32. The van der Waals surface area contributed by atoms with Gasteiger partial charge in [0.2, 0.25) is 0 Å². The average molecular weight is 210 g/mol. The predicted octanol–water partition coefficient (Wildman–Crippen LogP) is 0.690. The first-order chi connectivity index (χ1) is 7.00. The molecule has 15 heavy (non-hydrogen) atoms. The molecule has 2 rings (SSSR count). The fraction of sp³-hybridized carbons (Fsp3) is 0.300. The molecular weight excluding hydrogens is 200 g/mol. The number of fused-ring (bicyclic) bond motifs is 1. The third-order valence-electron chi connectivity index (χ3n) is 2.32. The molecule has 1 aromatic carbocycles. The number of benzene rings is 1. The van der Waals surface area contributed by atoms with E-state index < -0.39 is 18.2 Å². The molecule has 5 heteroatoms. The van der Waals surface area contributed by atoms with Crippen LogP contribution in [0.3, 0.4) is 0 Å². The number of hydrogen-bond donors (Lipinski definition) is 3. The molecule has 5 nitrogen and oxygen atoms in total. The summed E-state index contributed by atoms with van der Waals surface area (Å²) in [5.74, 6) is -1.19. The molecule has 80 valence electrons. The average Bonchev–Trinajstić information content (AvgIpc) is 2.42. The van der Waals surface area contributed by atoms with E-state index in [0.29, 0.717) is 5.56 Å². The normalized spacial score (nSPS) is 20.9. The Labute approximate surface area is 85.5 Å². The van der Waals surface area contributed by atoms with Crippen LogP contribution in [0.4, 0.5) is 0 Å². The van der Waals surface area contributed by atoms with Gasteiger partial charge in [-0.2, -0.15) is 0 Å². The molecule has 3 N–H and O–H groups in total. The molecule has 0 radical (unpaired) electrons. The van der Waals surface area contributed by atoms with Gasteiger partial charge in [0, 0.05) is 11.6 Å². The van der Waals surface area contributed by atoms with E-state index in [0.717, 1.165) is 6.07 Å². The number of aliphatic hydroxyl groups excluding tert-OH is 1. The second-order valence-electron chi connectivity index (χ2n) is 3.50. The third kappa shape index (κ3) is 1.41. The number of hydrogen-bond acceptors (Lipinski definition) is 5. The highest BCUT2D eigenvalue weighted by Crippen LogP contribution is 2.40. The maximum absolute atomic E-state index is 11.3. The van der Waals surface area contributed by atoms with Crippen molar-refractivity contribution in [2.45, 2.75) is 19.1 Å². The van der Waals surface area contributed by atoms with Gasteiger partial charge in [0.15, 0.2) is 6.10 Å². The molecule has 2 atom stereocenters. The first kappa shape index (κ1) is 9.79. The van der Waals surface area contributed by atoms with Gasteiger partial charge in [0.25, 0.3) is 0 Å². The van der Waals surface area contributed by atoms with E-state index in [2.05, 4.69) is 0 Å². The van der Waals surface area contributed by atoms with E-state index in [-0.39, 0.29) is 17.1 Å². The lowest BCUT2D eigenvalue weighted by Crippen LogP contribution is -2.14. The SMILES string of the molecule is C[C@H](O)[C@@H]1OC(=O)c2c(O)cc(O)cc21. The molecule has 0 aromatic heterocycles. The highest BCUT2D eigenvalue weighted by molar-refractivity contribution is 5.97. The van der Waals surface area contributed by atoms with E-state index >= 15 is 0 Å². The van der Waals surface area contributed by atoms with Crippen molar-refractivity contribution in [3.8, 4) is 11.5 Å². The van der Waals surface area contributed by atoms with Crippen LogP contribution < -0.4 is 0 Å². The van der Waals surface area contributed by atoms with Crippen molar-refractivity contribution in [2.75, 3.05) is 0 Å². The van der Waals surface area contributed by atoms with E-state index in [9.17, 15) is 20.1 Å². The van der Waals surface area contributed by atoms with Gasteiger partial charge in [-0.05, 0) is 13.0 Å². The van der Waals surface area contributed by atoms with Crippen molar-refractivity contribution in [1.82, 2.24) is 0 Å². The van der Waals surface area contributed by atoms with Crippen LogP contribution in [0.5, 0.6) is 11.5 Å². The van der Waals surface area contributed by atoms with Crippen molar-refractivity contribution in [1.29, 1.82) is 0 Å². The molecule has 1 heterocycles. The van der Waals surface area contributed by atoms with E-state index in [4.69, 9.17) is 4.74 Å². The van der Waals surface area contributed by atoms with Gasteiger partial charge < -0.3 is 20.1 Å². The van der Waals surface area contributed by atoms with Crippen molar-refractivity contribution >= 4 is 5.97 Å². The topological polar surface area (TPSA) is 87.0 Å². The summed E-state index contributed by atoms with van der Waals surface area (Å²) in [5.41, 5.74) is 0.325. The van der Waals surface area contributed by atoms with Crippen LogP contribution in [0.25, 0.3) is 0 Å². The molecule has 0 spiro atoms. The molecule has 0 bridgehead atoms. The van der Waals surface area contributed by atoms with Crippen molar-refractivity contribution in [3.05, 3.63) is 23.3 Å². The van der Waals surface area contributed by atoms with Gasteiger partial charge >= 0.3 is 5.97 Å². The minimum atomic E-state index is -0.892. The molecule has 0 saturated carbocycles. The number of esters is 1. The van der Waals surface area contributed by atoms with Gasteiger partial charge in [0.05, 0.1) is 6.10 Å². The fourth-order valence-corrected chi connectivity index (χ4v) is 1.68. The van der Waals surface area contributed by atoms with Gasteiger partial charge in [-0.1, -0.05) is 0 Å². The Hall–Kier alpha value is -1.75. The summed E-state index contributed by atoms with van der Waals surface area (Å²) >= 11 is 0. The lowest BCUT2D eigenvalue weighted by Gasteiger charge is -2.13.